The van der Waals surface area contributed by atoms with E-state index in [1.54, 1.807) is 0 Å². The van der Waals surface area contributed by atoms with Crippen molar-refractivity contribution in [2.75, 3.05) is 6.61 Å². The molecule has 0 saturated heterocycles. The monoisotopic (exact) mass is 218 g/mol. The van der Waals surface area contributed by atoms with E-state index in [0.717, 1.165) is 6.04 Å². The van der Waals surface area contributed by atoms with Gasteiger partial charge < -0.3 is 9.84 Å². The van der Waals surface area contributed by atoms with Gasteiger partial charge in [0.15, 0.2) is 0 Å². The molecule has 0 aromatic heterocycles. The number of carbonyl (C=O) groups is 2. The van der Waals surface area contributed by atoms with Gasteiger partial charge in [-0.15, -0.1) is 0 Å². The van der Waals surface area contributed by atoms with Crippen LogP contribution < -0.4 is 0 Å². The molecular weight excluding hydrogens is 200 g/mol. The molecule has 4 nitrogen and oxygen atoms in total. The van der Waals surface area contributed by atoms with Crippen molar-refractivity contribution in [1.82, 2.24) is 0 Å². The van der Waals surface area contributed by atoms with Crippen LogP contribution in [-0.2, 0) is 14.3 Å². The quantitative estimate of drug-likeness (QED) is 0.545. The molecule has 0 rings (SSSR count). The lowest BCUT2D eigenvalue weighted by Gasteiger charge is -2.14. The van der Waals surface area contributed by atoms with Crippen molar-refractivity contribution in [3.05, 3.63) is 0 Å². The van der Waals surface area contributed by atoms with E-state index in [-0.39, 0.29) is 12.8 Å². The van der Waals surface area contributed by atoms with Gasteiger partial charge in [-0.1, -0.05) is 19.6 Å². The Morgan fingerprint density at radius 3 is 2.21 bits per heavy atom. The molecule has 0 atom stereocenters. The van der Waals surface area contributed by atoms with Gasteiger partial charge in [0, 0.05) is 8.07 Å². The molecule has 5 heteroatoms. The zero-order valence-corrected chi connectivity index (χ0v) is 10.0. The fourth-order valence-corrected chi connectivity index (χ4v) is 1.47. The first-order chi connectivity index (χ1) is 6.31. The number of aliphatic carboxylic acids is 1. The van der Waals surface area contributed by atoms with E-state index in [9.17, 15) is 9.59 Å². The summed E-state index contributed by atoms with van der Waals surface area (Å²) in [6, 6.07) is 0.922. The standard InChI is InChI=1S/C9H18O4Si/c1-14(2,3)7-6-13-9(12)5-4-8(10)11/h4-7H2,1-3H3,(H,10,11). The normalized spacial score (nSPS) is 11.1. The molecule has 0 heterocycles. The lowest BCUT2D eigenvalue weighted by molar-refractivity contribution is -0.147. The summed E-state index contributed by atoms with van der Waals surface area (Å²) in [5.74, 6) is -1.38. The van der Waals surface area contributed by atoms with Gasteiger partial charge in [-0.25, -0.2) is 0 Å². The third kappa shape index (κ3) is 9.25. The van der Waals surface area contributed by atoms with E-state index in [4.69, 9.17) is 9.84 Å². The number of rotatable bonds is 6. The Bertz CT molecular complexity index is 207. The highest BCUT2D eigenvalue weighted by molar-refractivity contribution is 6.76. The average Bonchev–Trinajstić information content (AvgIpc) is 1.98. The number of hydrogen-bond donors (Lipinski definition) is 1. The van der Waals surface area contributed by atoms with Crippen LogP contribution in [0, 0.1) is 0 Å². The maximum absolute atomic E-state index is 11.0. The van der Waals surface area contributed by atoms with Crippen LogP contribution in [0.4, 0.5) is 0 Å². The van der Waals surface area contributed by atoms with Crippen molar-refractivity contribution in [3.63, 3.8) is 0 Å². The van der Waals surface area contributed by atoms with Crippen LogP contribution in [0.15, 0.2) is 0 Å². The van der Waals surface area contributed by atoms with Gasteiger partial charge in [-0.2, -0.15) is 0 Å². The molecule has 0 radical (unpaired) electrons. The molecule has 0 amide bonds. The van der Waals surface area contributed by atoms with Crippen LogP contribution in [-0.4, -0.2) is 31.7 Å². The zero-order chi connectivity index (χ0) is 11.2. The molecule has 0 aliphatic carbocycles. The largest absolute Gasteiger partial charge is 0.481 e. The minimum absolute atomic E-state index is 0.0268. The number of carboxylic acid groups (broad SMARTS) is 1. The number of esters is 1. The SMILES string of the molecule is C[Si](C)(C)CCOC(=O)CCC(=O)O. The Labute approximate surface area is 85.3 Å². The summed E-state index contributed by atoms with van der Waals surface area (Å²) in [6.07, 6.45) is -0.174. The topological polar surface area (TPSA) is 63.6 Å². The lowest BCUT2D eigenvalue weighted by Crippen LogP contribution is -2.22. The van der Waals surface area contributed by atoms with E-state index in [1.807, 2.05) is 0 Å². The second-order valence-corrected chi connectivity index (χ2v) is 10.0. The molecule has 14 heavy (non-hydrogen) atoms. The summed E-state index contributed by atoms with van der Waals surface area (Å²) in [7, 11) is -1.16. The van der Waals surface area contributed by atoms with Gasteiger partial charge in [-0.05, 0) is 6.04 Å². The van der Waals surface area contributed by atoms with Gasteiger partial charge in [-0.3, -0.25) is 9.59 Å². The molecule has 0 aromatic rings. The number of ether oxygens (including phenoxy) is 1. The highest BCUT2D eigenvalue weighted by Gasteiger charge is 2.14. The third-order valence-corrected chi connectivity index (χ3v) is 3.36. The fraction of sp³-hybridized carbons (Fsp3) is 0.778. The molecule has 0 aromatic carbocycles. The van der Waals surface area contributed by atoms with Crippen molar-refractivity contribution in [2.24, 2.45) is 0 Å². The number of hydrogen-bond acceptors (Lipinski definition) is 3. The van der Waals surface area contributed by atoms with Crippen LogP contribution in [0.3, 0.4) is 0 Å². The van der Waals surface area contributed by atoms with Crippen LogP contribution in [0.25, 0.3) is 0 Å². The second-order valence-electron chi connectivity index (χ2n) is 4.42. The van der Waals surface area contributed by atoms with Gasteiger partial charge in [0.1, 0.15) is 0 Å². The Kier molecular flexibility index (Phi) is 5.45. The molecule has 0 aliphatic heterocycles. The predicted octanol–water partition coefficient (Wildman–Crippen LogP) is 1.73. The van der Waals surface area contributed by atoms with Crippen molar-refractivity contribution in [2.45, 2.75) is 38.5 Å². The number of carbonyl (C=O) groups excluding carboxylic acids is 1. The van der Waals surface area contributed by atoms with Gasteiger partial charge in [0.25, 0.3) is 0 Å². The van der Waals surface area contributed by atoms with Gasteiger partial charge >= 0.3 is 11.9 Å². The fourth-order valence-electron chi connectivity index (χ4n) is 0.752. The van der Waals surface area contributed by atoms with E-state index < -0.39 is 20.0 Å². The minimum atomic E-state index is -1.16. The summed E-state index contributed by atoms with van der Waals surface area (Å²) in [5, 5.41) is 8.32. The van der Waals surface area contributed by atoms with Crippen molar-refractivity contribution in [3.8, 4) is 0 Å². The van der Waals surface area contributed by atoms with E-state index in [1.165, 1.54) is 0 Å². The van der Waals surface area contributed by atoms with E-state index >= 15 is 0 Å². The van der Waals surface area contributed by atoms with Crippen molar-refractivity contribution >= 4 is 20.0 Å². The molecule has 0 aliphatic rings. The van der Waals surface area contributed by atoms with Crippen molar-refractivity contribution in [1.29, 1.82) is 0 Å². The van der Waals surface area contributed by atoms with E-state index in [0.29, 0.717) is 6.61 Å². The molecule has 1 N–H and O–H groups in total. The second kappa shape index (κ2) is 5.80. The Hall–Kier alpha value is -0.843. The first-order valence-electron chi connectivity index (χ1n) is 4.69. The van der Waals surface area contributed by atoms with Gasteiger partial charge in [0.05, 0.1) is 19.4 Å². The summed E-state index contributed by atoms with van der Waals surface area (Å²) in [6.45, 7) is 7.00. The predicted molar refractivity (Wildman–Crippen MR) is 56.0 cm³/mol. The Morgan fingerprint density at radius 2 is 1.79 bits per heavy atom. The molecule has 0 bridgehead atoms. The Morgan fingerprint density at radius 1 is 1.21 bits per heavy atom. The first-order valence-corrected chi connectivity index (χ1v) is 8.39. The molecule has 0 unspecified atom stereocenters. The Balaban J connectivity index is 3.50. The lowest BCUT2D eigenvalue weighted by atomic mass is 10.3. The van der Waals surface area contributed by atoms with Crippen LogP contribution in [0.2, 0.25) is 25.7 Å². The highest BCUT2D eigenvalue weighted by atomic mass is 28.3. The summed E-state index contributed by atoms with van der Waals surface area (Å²) < 4.78 is 4.90. The zero-order valence-electron chi connectivity index (χ0n) is 9.00. The minimum Gasteiger partial charge on any atom is -0.481 e. The molecule has 0 spiro atoms. The van der Waals surface area contributed by atoms with Crippen molar-refractivity contribution < 1.29 is 19.4 Å². The molecule has 0 fully saturated rings. The van der Waals surface area contributed by atoms with Gasteiger partial charge in [0.2, 0.25) is 0 Å². The van der Waals surface area contributed by atoms with Crippen LogP contribution in [0.1, 0.15) is 12.8 Å². The maximum atomic E-state index is 11.0. The smallest absolute Gasteiger partial charge is 0.306 e. The molecule has 0 saturated carbocycles. The van der Waals surface area contributed by atoms with E-state index in [2.05, 4.69) is 19.6 Å². The number of carboxylic acids is 1. The summed E-state index contributed by atoms with van der Waals surface area (Å²) in [4.78, 5) is 21.1. The van der Waals surface area contributed by atoms with Crippen LogP contribution >= 0.6 is 0 Å². The maximum Gasteiger partial charge on any atom is 0.306 e. The molecule has 82 valence electrons. The first kappa shape index (κ1) is 13.2. The third-order valence-electron chi connectivity index (χ3n) is 1.66. The summed E-state index contributed by atoms with van der Waals surface area (Å²) >= 11 is 0. The summed E-state index contributed by atoms with van der Waals surface area (Å²) in [5.41, 5.74) is 0. The van der Waals surface area contributed by atoms with Crippen LogP contribution in [0.5, 0.6) is 0 Å². The highest BCUT2D eigenvalue weighted by Crippen LogP contribution is 2.08. The average molecular weight is 218 g/mol. The molecular formula is C9H18O4Si.